The number of rotatable bonds is 5. The second-order valence-corrected chi connectivity index (χ2v) is 5.23. The molecule has 0 aromatic carbocycles. The predicted molar refractivity (Wildman–Crippen MR) is 66.8 cm³/mol. The van der Waals surface area contributed by atoms with Crippen LogP contribution in [0, 0.1) is 5.41 Å². The van der Waals surface area contributed by atoms with E-state index >= 15 is 0 Å². The summed E-state index contributed by atoms with van der Waals surface area (Å²) in [5.74, 6) is 0.343. The Kier molecular flexibility index (Phi) is 4.85. The number of nitrogens with one attached hydrogen (secondary N) is 1. The van der Waals surface area contributed by atoms with Gasteiger partial charge < -0.3 is 5.32 Å². The topological polar surface area (TPSA) is 24.9 Å². The van der Waals surface area contributed by atoms with Crippen LogP contribution < -0.4 is 5.32 Å². The Bertz CT molecular complexity index is 391. The van der Waals surface area contributed by atoms with Gasteiger partial charge in [-0.25, -0.2) is 4.98 Å². The lowest BCUT2D eigenvalue weighted by molar-refractivity contribution is -0.137. The van der Waals surface area contributed by atoms with Crippen molar-refractivity contribution in [2.75, 3.05) is 17.7 Å². The highest BCUT2D eigenvalue weighted by atomic mass is 35.5. The third-order valence-corrected chi connectivity index (χ3v) is 2.81. The first kappa shape index (κ1) is 15.1. The summed E-state index contributed by atoms with van der Waals surface area (Å²) >= 11 is 5.65. The largest absolute Gasteiger partial charge is 0.419 e. The van der Waals surface area contributed by atoms with Gasteiger partial charge in [-0.2, -0.15) is 13.2 Å². The van der Waals surface area contributed by atoms with Gasteiger partial charge in [0.05, 0.1) is 5.56 Å². The Morgan fingerprint density at radius 3 is 2.56 bits per heavy atom. The zero-order chi connectivity index (χ0) is 13.8. The van der Waals surface area contributed by atoms with Crippen LogP contribution in [-0.2, 0) is 6.18 Å². The SMILES string of the molecule is CC(C)(CCCl)CNc1ncccc1C(F)(F)F. The second kappa shape index (κ2) is 5.78. The highest BCUT2D eigenvalue weighted by Gasteiger charge is 2.34. The average molecular weight is 281 g/mol. The van der Waals surface area contributed by atoms with Crippen LogP contribution in [0.25, 0.3) is 0 Å². The second-order valence-electron chi connectivity index (χ2n) is 4.85. The zero-order valence-electron chi connectivity index (χ0n) is 10.3. The van der Waals surface area contributed by atoms with Crippen LogP contribution in [0.15, 0.2) is 18.3 Å². The normalized spacial score (nSPS) is 12.6. The minimum Gasteiger partial charge on any atom is -0.369 e. The molecule has 18 heavy (non-hydrogen) atoms. The van der Waals surface area contributed by atoms with Gasteiger partial charge >= 0.3 is 6.18 Å². The molecular formula is C12H16ClF3N2. The summed E-state index contributed by atoms with van der Waals surface area (Å²) in [5.41, 5.74) is -0.922. The quantitative estimate of drug-likeness (QED) is 0.819. The van der Waals surface area contributed by atoms with Gasteiger partial charge in [-0.3, -0.25) is 0 Å². The summed E-state index contributed by atoms with van der Waals surface area (Å²) in [6.45, 7) is 4.27. The van der Waals surface area contributed by atoms with E-state index in [-0.39, 0.29) is 11.2 Å². The van der Waals surface area contributed by atoms with E-state index in [2.05, 4.69) is 10.3 Å². The predicted octanol–water partition coefficient (Wildman–Crippen LogP) is 4.17. The van der Waals surface area contributed by atoms with E-state index in [1.54, 1.807) is 0 Å². The maximum atomic E-state index is 12.7. The fraction of sp³-hybridized carbons (Fsp3) is 0.583. The van der Waals surface area contributed by atoms with E-state index in [1.165, 1.54) is 12.3 Å². The first-order chi connectivity index (χ1) is 8.26. The molecule has 0 aliphatic rings. The van der Waals surface area contributed by atoms with Crippen molar-refractivity contribution in [1.29, 1.82) is 0 Å². The average Bonchev–Trinajstić information content (AvgIpc) is 2.26. The van der Waals surface area contributed by atoms with Crippen molar-refractivity contribution < 1.29 is 13.2 Å². The molecule has 0 aliphatic heterocycles. The van der Waals surface area contributed by atoms with E-state index in [4.69, 9.17) is 11.6 Å². The van der Waals surface area contributed by atoms with Crippen molar-refractivity contribution >= 4 is 17.4 Å². The summed E-state index contributed by atoms with van der Waals surface area (Å²) in [5, 5.41) is 2.76. The van der Waals surface area contributed by atoms with Gasteiger partial charge in [0.2, 0.25) is 0 Å². The minimum atomic E-state index is -4.40. The van der Waals surface area contributed by atoms with Crippen molar-refractivity contribution in [3.05, 3.63) is 23.9 Å². The van der Waals surface area contributed by atoms with E-state index in [9.17, 15) is 13.2 Å². The molecule has 0 spiro atoms. The molecule has 1 N–H and O–H groups in total. The monoisotopic (exact) mass is 280 g/mol. The van der Waals surface area contributed by atoms with E-state index in [0.717, 1.165) is 12.5 Å². The molecule has 2 nitrogen and oxygen atoms in total. The first-order valence-electron chi connectivity index (χ1n) is 5.58. The molecule has 0 fully saturated rings. The summed E-state index contributed by atoms with van der Waals surface area (Å²) in [6, 6.07) is 2.29. The van der Waals surface area contributed by atoms with Crippen LogP contribution >= 0.6 is 11.6 Å². The molecule has 0 saturated carbocycles. The van der Waals surface area contributed by atoms with Crippen molar-refractivity contribution in [2.45, 2.75) is 26.4 Å². The number of nitrogens with zero attached hydrogens (tertiary/aromatic N) is 1. The number of alkyl halides is 4. The van der Waals surface area contributed by atoms with E-state index < -0.39 is 11.7 Å². The van der Waals surface area contributed by atoms with Gasteiger partial charge in [0.25, 0.3) is 0 Å². The summed E-state index contributed by atoms with van der Waals surface area (Å²) in [4.78, 5) is 3.74. The molecule has 6 heteroatoms. The highest BCUT2D eigenvalue weighted by molar-refractivity contribution is 6.17. The van der Waals surface area contributed by atoms with Crippen molar-refractivity contribution in [2.24, 2.45) is 5.41 Å². The first-order valence-corrected chi connectivity index (χ1v) is 6.12. The molecular weight excluding hydrogens is 265 g/mol. The van der Waals surface area contributed by atoms with Crippen LogP contribution in [-0.4, -0.2) is 17.4 Å². The van der Waals surface area contributed by atoms with Crippen molar-refractivity contribution in [3.63, 3.8) is 0 Å². The molecule has 0 saturated heterocycles. The van der Waals surface area contributed by atoms with Crippen LogP contribution in [0.1, 0.15) is 25.8 Å². The third kappa shape index (κ3) is 4.37. The van der Waals surface area contributed by atoms with E-state index in [1.807, 2.05) is 13.8 Å². The van der Waals surface area contributed by atoms with E-state index in [0.29, 0.717) is 12.4 Å². The standard InChI is InChI=1S/C12H16ClF3N2/c1-11(2,5-6-13)8-18-10-9(12(14,15)16)4-3-7-17-10/h3-4,7H,5-6,8H2,1-2H3,(H,17,18). The molecule has 0 bridgehead atoms. The smallest absolute Gasteiger partial charge is 0.369 e. The summed E-state index contributed by atoms with van der Waals surface area (Å²) in [7, 11) is 0. The fourth-order valence-corrected chi connectivity index (χ4v) is 1.95. The number of pyridine rings is 1. The maximum absolute atomic E-state index is 12.7. The van der Waals surface area contributed by atoms with Crippen LogP contribution in [0.2, 0.25) is 0 Å². The number of hydrogen-bond acceptors (Lipinski definition) is 2. The molecule has 1 heterocycles. The summed E-state index contributed by atoms with van der Waals surface area (Å²) in [6.07, 6.45) is -2.34. The Hall–Kier alpha value is -0.970. The molecule has 1 rings (SSSR count). The Morgan fingerprint density at radius 1 is 1.33 bits per heavy atom. The van der Waals surface area contributed by atoms with Crippen molar-refractivity contribution in [1.82, 2.24) is 4.98 Å². The third-order valence-electron chi connectivity index (χ3n) is 2.62. The highest BCUT2D eigenvalue weighted by Crippen LogP contribution is 2.34. The van der Waals surface area contributed by atoms with Crippen molar-refractivity contribution in [3.8, 4) is 0 Å². The molecule has 0 amide bonds. The number of hydrogen-bond donors (Lipinski definition) is 1. The van der Waals surface area contributed by atoms with Crippen LogP contribution in [0.5, 0.6) is 0 Å². The van der Waals surface area contributed by atoms with Gasteiger partial charge in [-0.15, -0.1) is 11.6 Å². The number of aromatic nitrogens is 1. The Morgan fingerprint density at radius 2 is 2.00 bits per heavy atom. The lowest BCUT2D eigenvalue weighted by Gasteiger charge is -2.25. The molecule has 0 unspecified atom stereocenters. The Labute approximate surface area is 110 Å². The maximum Gasteiger partial charge on any atom is 0.419 e. The van der Waals surface area contributed by atoms with Crippen LogP contribution in [0.3, 0.4) is 0 Å². The molecule has 0 atom stereocenters. The Balaban J connectivity index is 2.80. The minimum absolute atomic E-state index is 0.132. The lowest BCUT2D eigenvalue weighted by atomic mass is 9.90. The van der Waals surface area contributed by atoms with Gasteiger partial charge in [0, 0.05) is 18.6 Å². The summed E-state index contributed by atoms with van der Waals surface area (Å²) < 4.78 is 38.1. The molecule has 102 valence electrons. The van der Waals surface area contributed by atoms with Gasteiger partial charge in [0.1, 0.15) is 5.82 Å². The lowest BCUT2D eigenvalue weighted by Crippen LogP contribution is -2.25. The molecule has 1 aromatic heterocycles. The number of halogens is 4. The van der Waals surface area contributed by atoms with Gasteiger partial charge in [-0.05, 0) is 24.0 Å². The van der Waals surface area contributed by atoms with Gasteiger partial charge in [-0.1, -0.05) is 13.8 Å². The molecule has 1 aromatic rings. The van der Waals surface area contributed by atoms with Gasteiger partial charge in [0.15, 0.2) is 0 Å². The molecule has 0 aliphatic carbocycles. The number of anilines is 1. The fourth-order valence-electron chi connectivity index (χ4n) is 1.44. The zero-order valence-corrected chi connectivity index (χ0v) is 11.1. The van der Waals surface area contributed by atoms with Crippen LogP contribution in [0.4, 0.5) is 19.0 Å². The molecule has 0 radical (unpaired) electrons.